The van der Waals surface area contributed by atoms with E-state index in [0.717, 1.165) is 18.3 Å². The van der Waals surface area contributed by atoms with E-state index in [1.165, 1.54) is 57.8 Å². The molecule has 0 heterocycles. The molecule has 0 aromatic carbocycles. The summed E-state index contributed by atoms with van der Waals surface area (Å²) in [6.07, 6.45) is 15.9. The molecule has 5 aliphatic carbocycles. The van der Waals surface area contributed by atoms with E-state index < -0.39 is 0 Å². The molecule has 0 radical (unpaired) electrons. The Hall–Kier alpha value is -0.300. The minimum atomic E-state index is -0.125. The number of hydrogen-bond donors (Lipinski definition) is 1. The first-order valence-corrected chi connectivity index (χ1v) is 13.6. The molecule has 0 aromatic rings. The van der Waals surface area contributed by atoms with Crippen molar-refractivity contribution in [1.29, 1.82) is 0 Å². The topological polar surface area (TPSA) is 20.2 Å². The van der Waals surface area contributed by atoms with Gasteiger partial charge in [-0.15, -0.1) is 0 Å². The van der Waals surface area contributed by atoms with Gasteiger partial charge < -0.3 is 5.11 Å². The van der Waals surface area contributed by atoms with Crippen LogP contribution in [0.5, 0.6) is 0 Å². The lowest BCUT2D eigenvalue weighted by Crippen LogP contribution is -2.64. The second-order valence-corrected chi connectivity index (χ2v) is 15.2. The first kappa shape index (κ1) is 22.5. The number of aliphatic hydroxyl groups is 1. The van der Waals surface area contributed by atoms with Gasteiger partial charge in [0.1, 0.15) is 0 Å². The van der Waals surface area contributed by atoms with Crippen LogP contribution in [0.15, 0.2) is 11.6 Å². The van der Waals surface area contributed by atoms with Crippen LogP contribution in [0.25, 0.3) is 0 Å². The van der Waals surface area contributed by atoms with Crippen LogP contribution < -0.4 is 0 Å². The normalized spacial score (nSPS) is 55.2. The van der Waals surface area contributed by atoms with E-state index in [4.69, 9.17) is 0 Å². The van der Waals surface area contributed by atoms with E-state index in [1.54, 1.807) is 0 Å². The van der Waals surface area contributed by atoms with Crippen molar-refractivity contribution in [2.24, 2.45) is 50.2 Å². The molecule has 31 heavy (non-hydrogen) atoms. The molecule has 0 unspecified atom stereocenters. The van der Waals surface area contributed by atoms with Gasteiger partial charge in [0.15, 0.2) is 0 Å². The van der Waals surface area contributed by atoms with Crippen LogP contribution in [0.1, 0.15) is 120 Å². The minimum absolute atomic E-state index is 0.0533. The van der Waals surface area contributed by atoms with Crippen molar-refractivity contribution in [3.8, 4) is 0 Å². The summed E-state index contributed by atoms with van der Waals surface area (Å²) in [5, 5.41) is 10.9. The van der Waals surface area contributed by atoms with Crippen molar-refractivity contribution >= 4 is 0 Å². The molecule has 1 heteroatoms. The Kier molecular flexibility index (Phi) is 4.66. The van der Waals surface area contributed by atoms with Gasteiger partial charge in [-0.25, -0.2) is 0 Å². The Morgan fingerprint density at radius 2 is 1.45 bits per heavy atom. The molecule has 4 saturated carbocycles. The van der Waals surface area contributed by atoms with Crippen LogP contribution in [0.2, 0.25) is 0 Å². The maximum Gasteiger partial charge on any atom is 0.0594 e. The summed E-state index contributed by atoms with van der Waals surface area (Å²) in [5.74, 6) is 2.21. The van der Waals surface area contributed by atoms with Crippen molar-refractivity contribution in [2.75, 3.05) is 0 Å². The minimum Gasteiger partial charge on any atom is -0.393 e. The van der Waals surface area contributed by atoms with Crippen molar-refractivity contribution in [3.63, 3.8) is 0 Å². The molecular formula is C30H50O. The van der Waals surface area contributed by atoms with Crippen molar-refractivity contribution < 1.29 is 5.11 Å². The SMILES string of the molecule is CC1(C)CC[C@]2(C)CC[C@@]3(C)C(=CC[C@@H]4[C@@]5(C)CC[C@H](O)C(C)(C)[C@H]5CC[C@]43C)[C@H]2C1. The predicted molar refractivity (Wildman–Crippen MR) is 131 cm³/mol. The molecule has 5 rings (SSSR count). The average molecular weight is 427 g/mol. The third kappa shape index (κ3) is 2.77. The molecule has 0 saturated heterocycles. The van der Waals surface area contributed by atoms with Crippen molar-refractivity contribution in [2.45, 2.75) is 126 Å². The fraction of sp³-hybridized carbons (Fsp3) is 0.933. The van der Waals surface area contributed by atoms with E-state index in [-0.39, 0.29) is 11.5 Å². The highest BCUT2D eigenvalue weighted by Crippen LogP contribution is 2.75. The molecule has 176 valence electrons. The number of rotatable bonds is 0. The lowest BCUT2D eigenvalue weighted by Gasteiger charge is -2.71. The Balaban J connectivity index is 1.57. The highest BCUT2D eigenvalue weighted by atomic mass is 16.3. The largest absolute Gasteiger partial charge is 0.393 e. The Bertz CT molecular complexity index is 790. The van der Waals surface area contributed by atoms with Gasteiger partial charge in [0.05, 0.1) is 6.10 Å². The van der Waals surface area contributed by atoms with E-state index in [9.17, 15) is 5.11 Å². The van der Waals surface area contributed by atoms with Gasteiger partial charge in [-0.05, 0) is 114 Å². The van der Waals surface area contributed by atoms with E-state index >= 15 is 0 Å². The van der Waals surface area contributed by atoms with Gasteiger partial charge in [0.25, 0.3) is 0 Å². The van der Waals surface area contributed by atoms with Crippen LogP contribution in [-0.4, -0.2) is 11.2 Å². The molecule has 1 nitrogen and oxygen atoms in total. The Morgan fingerprint density at radius 3 is 2.16 bits per heavy atom. The van der Waals surface area contributed by atoms with Gasteiger partial charge in [-0.2, -0.15) is 0 Å². The lowest BCUT2D eigenvalue weighted by molar-refractivity contribution is -0.202. The molecule has 0 aromatic heterocycles. The zero-order valence-electron chi connectivity index (χ0n) is 21.9. The van der Waals surface area contributed by atoms with Crippen molar-refractivity contribution in [1.82, 2.24) is 0 Å². The van der Waals surface area contributed by atoms with Crippen molar-refractivity contribution in [3.05, 3.63) is 11.6 Å². The fourth-order valence-electron chi connectivity index (χ4n) is 10.5. The second kappa shape index (κ2) is 6.43. The lowest BCUT2D eigenvalue weighted by atomic mass is 9.33. The molecule has 4 fully saturated rings. The van der Waals surface area contributed by atoms with Gasteiger partial charge in [0.2, 0.25) is 0 Å². The third-order valence-electron chi connectivity index (χ3n) is 13.0. The summed E-state index contributed by atoms with van der Waals surface area (Å²) >= 11 is 0. The Morgan fingerprint density at radius 1 is 0.774 bits per heavy atom. The van der Waals surface area contributed by atoms with E-state index in [0.29, 0.717) is 33.0 Å². The number of fused-ring (bicyclic) bond motifs is 7. The van der Waals surface area contributed by atoms with Crippen LogP contribution in [-0.2, 0) is 0 Å². The highest BCUT2D eigenvalue weighted by molar-refractivity contribution is 5.33. The number of hydrogen-bond acceptors (Lipinski definition) is 1. The standard InChI is InChI=1S/C30H50O/c1-25(2)15-16-27(5)17-18-29(7)20(21(27)19-25)9-10-23-28(6)13-12-24(31)26(3,4)22(28)11-14-30(23,29)8/h9,21-24,31H,10-19H2,1-8H3/t21-,22-,23-,24+,27-,28+,29+,30-/m1/s1. The number of aliphatic hydroxyl groups excluding tert-OH is 1. The molecule has 8 atom stereocenters. The first-order valence-electron chi connectivity index (χ1n) is 13.6. The summed E-state index contributed by atoms with van der Waals surface area (Å²) in [7, 11) is 0. The maximum absolute atomic E-state index is 10.9. The third-order valence-corrected chi connectivity index (χ3v) is 13.0. The van der Waals surface area contributed by atoms with Crippen LogP contribution >= 0.6 is 0 Å². The van der Waals surface area contributed by atoms with Gasteiger partial charge in [0, 0.05) is 0 Å². The monoisotopic (exact) mass is 426 g/mol. The molecule has 0 bridgehead atoms. The summed E-state index contributed by atoms with van der Waals surface area (Å²) in [4.78, 5) is 0. The van der Waals surface area contributed by atoms with Gasteiger partial charge in [-0.3, -0.25) is 0 Å². The van der Waals surface area contributed by atoms with E-state index in [1.807, 2.05) is 5.57 Å². The van der Waals surface area contributed by atoms with Crippen LogP contribution in [0, 0.1) is 50.2 Å². The van der Waals surface area contributed by atoms with Gasteiger partial charge >= 0.3 is 0 Å². The van der Waals surface area contributed by atoms with E-state index in [2.05, 4.69) is 61.5 Å². The second-order valence-electron chi connectivity index (χ2n) is 15.2. The molecule has 0 aliphatic heterocycles. The van der Waals surface area contributed by atoms with Crippen LogP contribution in [0.4, 0.5) is 0 Å². The molecular weight excluding hydrogens is 376 g/mol. The summed E-state index contributed by atoms with van der Waals surface area (Å²) in [6, 6.07) is 0. The first-order chi connectivity index (χ1) is 14.2. The quantitative estimate of drug-likeness (QED) is 0.387. The number of allylic oxidation sites excluding steroid dienone is 2. The molecule has 1 N–H and O–H groups in total. The molecule has 0 amide bonds. The summed E-state index contributed by atoms with van der Waals surface area (Å²) in [5.41, 5.74) is 4.09. The van der Waals surface area contributed by atoms with Crippen LogP contribution in [0.3, 0.4) is 0 Å². The average Bonchev–Trinajstić information content (AvgIpc) is 2.67. The summed E-state index contributed by atoms with van der Waals surface area (Å²) in [6.45, 7) is 20.4. The summed E-state index contributed by atoms with van der Waals surface area (Å²) < 4.78 is 0. The smallest absolute Gasteiger partial charge is 0.0594 e. The maximum atomic E-state index is 10.9. The fourth-order valence-corrected chi connectivity index (χ4v) is 10.5. The Labute approximate surface area is 192 Å². The zero-order valence-corrected chi connectivity index (χ0v) is 21.9. The van der Waals surface area contributed by atoms with Gasteiger partial charge in [-0.1, -0.05) is 67.0 Å². The zero-order chi connectivity index (χ0) is 22.7. The molecule has 5 aliphatic rings. The molecule has 0 spiro atoms. The highest BCUT2D eigenvalue weighted by Gasteiger charge is 2.67. The predicted octanol–water partition coefficient (Wildman–Crippen LogP) is 8.17.